The summed E-state index contributed by atoms with van der Waals surface area (Å²) in [5.41, 5.74) is 11.7. The standard InChI is InChI=1S/2C19H13.Zr/c2*1-2-8-16-13-17(12-15(16)7-1)19-11-5-9-14-6-3-4-10-18(14)19;/h2*1-13H;. The minimum atomic E-state index is -1.10. The molecule has 6 aromatic carbocycles. The number of benzene rings is 6. The molecular weight excluding hydrogens is 548 g/mol. The van der Waals surface area contributed by atoms with Gasteiger partial charge in [0.15, 0.2) is 0 Å². The maximum atomic E-state index is 2.49. The summed E-state index contributed by atoms with van der Waals surface area (Å²) in [5.74, 6) is 0. The number of hydrogen-bond acceptors (Lipinski definition) is 0. The molecule has 182 valence electrons. The summed E-state index contributed by atoms with van der Waals surface area (Å²) in [4.78, 5) is 0. The van der Waals surface area contributed by atoms with Crippen LogP contribution in [0.15, 0.2) is 133 Å². The summed E-state index contributed by atoms with van der Waals surface area (Å²) in [6, 6.07) is 49.6. The third-order valence-corrected chi connectivity index (χ3v) is 13.1. The molecule has 2 aliphatic rings. The first-order valence-corrected chi connectivity index (χ1v) is 16.5. The Hall–Kier alpha value is -3.80. The van der Waals surface area contributed by atoms with Gasteiger partial charge in [-0.2, -0.15) is 0 Å². The molecule has 0 N–H and O–H groups in total. The zero-order chi connectivity index (χ0) is 25.8. The molecule has 1 heteroatoms. The molecular formula is C38H26Zr. The molecule has 39 heavy (non-hydrogen) atoms. The van der Waals surface area contributed by atoms with Gasteiger partial charge in [-0.1, -0.05) is 0 Å². The summed E-state index contributed by atoms with van der Waals surface area (Å²) in [7, 11) is 0. The van der Waals surface area contributed by atoms with Crippen molar-refractivity contribution in [1.82, 2.24) is 0 Å². The molecule has 0 aliphatic heterocycles. The van der Waals surface area contributed by atoms with Crippen molar-refractivity contribution in [3.63, 3.8) is 0 Å². The van der Waals surface area contributed by atoms with Crippen molar-refractivity contribution in [3.05, 3.63) is 167 Å². The summed E-state index contributed by atoms with van der Waals surface area (Å²) < 4.78 is 0.982. The summed E-state index contributed by atoms with van der Waals surface area (Å²) in [6.07, 6.45) is 4.98. The van der Waals surface area contributed by atoms with E-state index < -0.39 is 23.2 Å². The number of fused-ring (bicyclic) bond motifs is 4. The molecule has 0 saturated heterocycles. The molecule has 0 nitrogen and oxygen atoms in total. The average molecular weight is 574 g/mol. The van der Waals surface area contributed by atoms with Gasteiger partial charge < -0.3 is 0 Å². The number of rotatable bonds is 4. The second kappa shape index (κ2) is 9.44. The molecule has 8 rings (SSSR count). The second-order valence-corrected chi connectivity index (χ2v) is 14.2. The number of allylic oxidation sites excluding steroid dienone is 2. The molecule has 0 saturated carbocycles. The molecule has 2 atom stereocenters. The summed E-state index contributed by atoms with van der Waals surface area (Å²) in [6.45, 7) is 0. The van der Waals surface area contributed by atoms with Crippen LogP contribution < -0.4 is 0 Å². The van der Waals surface area contributed by atoms with Crippen LogP contribution in [-0.2, 0) is 23.2 Å². The van der Waals surface area contributed by atoms with Crippen LogP contribution >= 0.6 is 0 Å². The summed E-state index contributed by atoms with van der Waals surface area (Å²) >= 11 is -1.10. The quantitative estimate of drug-likeness (QED) is 0.197. The van der Waals surface area contributed by atoms with E-state index in [2.05, 4.69) is 146 Å². The van der Waals surface area contributed by atoms with Gasteiger partial charge in [0, 0.05) is 0 Å². The zero-order valence-corrected chi connectivity index (χ0v) is 24.0. The topological polar surface area (TPSA) is 0 Å². The fourth-order valence-electron chi connectivity index (χ4n) is 6.59. The Labute approximate surface area is 240 Å². The molecule has 0 radical (unpaired) electrons. The molecule has 6 aromatic rings. The molecule has 0 amide bonds. The Morgan fingerprint density at radius 3 is 1.31 bits per heavy atom. The van der Waals surface area contributed by atoms with E-state index in [0.29, 0.717) is 7.25 Å². The predicted octanol–water partition coefficient (Wildman–Crippen LogP) is 9.97. The monoisotopic (exact) mass is 572 g/mol. The van der Waals surface area contributed by atoms with Crippen molar-refractivity contribution >= 4 is 44.8 Å². The predicted molar refractivity (Wildman–Crippen MR) is 162 cm³/mol. The average Bonchev–Trinajstić information content (AvgIpc) is 3.55. The first-order chi connectivity index (χ1) is 19.3. The van der Waals surface area contributed by atoms with Crippen LogP contribution in [0, 0.1) is 0 Å². The van der Waals surface area contributed by atoms with Gasteiger partial charge in [-0.15, -0.1) is 0 Å². The van der Waals surface area contributed by atoms with Gasteiger partial charge in [-0.05, 0) is 0 Å². The van der Waals surface area contributed by atoms with E-state index in [9.17, 15) is 0 Å². The Morgan fingerprint density at radius 1 is 0.385 bits per heavy atom. The third kappa shape index (κ3) is 3.83. The minimum absolute atomic E-state index is 0.491. The van der Waals surface area contributed by atoms with Crippen LogP contribution in [0.2, 0.25) is 0 Å². The van der Waals surface area contributed by atoms with Crippen LogP contribution in [0.5, 0.6) is 0 Å². The first kappa shape index (κ1) is 23.1. The van der Waals surface area contributed by atoms with E-state index in [4.69, 9.17) is 0 Å². The molecule has 0 aromatic heterocycles. The van der Waals surface area contributed by atoms with Crippen molar-refractivity contribution < 1.29 is 23.2 Å². The Morgan fingerprint density at radius 2 is 0.795 bits per heavy atom. The Balaban J connectivity index is 1.29. The van der Waals surface area contributed by atoms with Gasteiger partial charge in [-0.3, -0.25) is 0 Å². The van der Waals surface area contributed by atoms with Crippen LogP contribution in [0.4, 0.5) is 0 Å². The molecule has 0 heterocycles. The van der Waals surface area contributed by atoms with Gasteiger partial charge in [0.25, 0.3) is 0 Å². The SMILES string of the molecule is C1=C(c2cccc3ccccc23)[CH]([Zr][CH]2C(c3cccc4ccccc34)=Cc3ccccc32)c2ccccc21. The third-order valence-electron chi connectivity index (χ3n) is 8.39. The van der Waals surface area contributed by atoms with Crippen molar-refractivity contribution in [2.75, 3.05) is 0 Å². The van der Waals surface area contributed by atoms with Crippen LogP contribution in [0.3, 0.4) is 0 Å². The van der Waals surface area contributed by atoms with Gasteiger partial charge in [0.1, 0.15) is 0 Å². The van der Waals surface area contributed by atoms with Crippen molar-refractivity contribution in [3.8, 4) is 0 Å². The first-order valence-electron chi connectivity index (χ1n) is 13.7. The molecule has 0 fully saturated rings. The van der Waals surface area contributed by atoms with E-state index in [0.717, 1.165) is 0 Å². The van der Waals surface area contributed by atoms with E-state index >= 15 is 0 Å². The molecule has 0 spiro atoms. The molecule has 0 bridgehead atoms. The fourth-order valence-corrected chi connectivity index (χ4v) is 11.6. The van der Waals surface area contributed by atoms with Crippen LogP contribution in [0.1, 0.15) is 40.6 Å². The summed E-state index contributed by atoms with van der Waals surface area (Å²) in [5, 5.41) is 5.36. The van der Waals surface area contributed by atoms with Crippen molar-refractivity contribution in [2.45, 2.75) is 7.25 Å². The zero-order valence-electron chi connectivity index (χ0n) is 21.5. The normalized spacial score (nSPS) is 17.5. The van der Waals surface area contributed by atoms with E-state index in [-0.39, 0.29) is 0 Å². The number of hydrogen-bond donors (Lipinski definition) is 0. The van der Waals surface area contributed by atoms with Crippen LogP contribution in [0.25, 0.3) is 44.8 Å². The van der Waals surface area contributed by atoms with Gasteiger partial charge >= 0.3 is 242 Å². The Kier molecular flexibility index (Phi) is 5.60. The molecule has 2 unspecified atom stereocenters. The van der Waals surface area contributed by atoms with Crippen molar-refractivity contribution in [1.29, 1.82) is 0 Å². The maximum absolute atomic E-state index is 2.49. The van der Waals surface area contributed by atoms with E-state index in [1.807, 2.05) is 0 Å². The Bertz CT molecular complexity index is 1800. The second-order valence-electron chi connectivity index (χ2n) is 10.5. The van der Waals surface area contributed by atoms with Crippen molar-refractivity contribution in [2.24, 2.45) is 0 Å². The van der Waals surface area contributed by atoms with Gasteiger partial charge in [-0.25, -0.2) is 0 Å². The fraction of sp³-hybridized carbons (Fsp3) is 0.0526. The van der Waals surface area contributed by atoms with E-state index in [1.165, 1.54) is 66.1 Å². The van der Waals surface area contributed by atoms with Gasteiger partial charge in [0.2, 0.25) is 0 Å². The van der Waals surface area contributed by atoms with Gasteiger partial charge in [0.05, 0.1) is 0 Å². The van der Waals surface area contributed by atoms with Crippen LogP contribution in [-0.4, -0.2) is 0 Å². The van der Waals surface area contributed by atoms with E-state index in [1.54, 1.807) is 0 Å². The molecule has 2 aliphatic carbocycles.